The van der Waals surface area contributed by atoms with Crippen molar-refractivity contribution in [2.45, 2.75) is 6.92 Å². The van der Waals surface area contributed by atoms with E-state index in [0.29, 0.717) is 11.3 Å². The van der Waals surface area contributed by atoms with Gasteiger partial charge in [0.2, 0.25) is 0 Å². The highest BCUT2D eigenvalue weighted by Gasteiger charge is 2.17. The minimum atomic E-state index is -0.151. The molecule has 5 heteroatoms. The van der Waals surface area contributed by atoms with Crippen molar-refractivity contribution in [3.8, 4) is 0 Å². The van der Waals surface area contributed by atoms with E-state index in [4.69, 9.17) is 0 Å². The summed E-state index contributed by atoms with van der Waals surface area (Å²) in [6, 6.07) is 7.63. The van der Waals surface area contributed by atoms with Crippen molar-refractivity contribution in [2.24, 2.45) is 7.05 Å². The number of hydrogen-bond acceptors (Lipinski definition) is 3. The number of para-hydroxylation sites is 1. The highest BCUT2D eigenvalue weighted by atomic mass is 16.2. The highest BCUT2D eigenvalue weighted by molar-refractivity contribution is 6.01. The Labute approximate surface area is 104 Å². The Hall–Kier alpha value is -2.43. The first-order valence-electron chi connectivity index (χ1n) is 5.64. The van der Waals surface area contributed by atoms with Crippen molar-refractivity contribution in [3.05, 3.63) is 47.9 Å². The van der Waals surface area contributed by atoms with Gasteiger partial charge in [-0.25, -0.2) is 0 Å². The van der Waals surface area contributed by atoms with E-state index in [1.807, 2.05) is 31.2 Å². The van der Waals surface area contributed by atoms with Crippen LogP contribution in [-0.4, -0.2) is 25.5 Å². The summed E-state index contributed by atoms with van der Waals surface area (Å²) in [4.78, 5) is 12.4. The summed E-state index contributed by atoms with van der Waals surface area (Å²) >= 11 is 0. The first-order chi connectivity index (χ1) is 8.66. The van der Waals surface area contributed by atoms with Crippen molar-refractivity contribution >= 4 is 16.8 Å². The fourth-order valence-corrected chi connectivity index (χ4v) is 2.06. The molecular formula is C13H12N4O. The van der Waals surface area contributed by atoms with Crippen LogP contribution in [0.15, 0.2) is 36.7 Å². The van der Waals surface area contributed by atoms with Crippen molar-refractivity contribution in [3.63, 3.8) is 0 Å². The van der Waals surface area contributed by atoms with E-state index < -0.39 is 0 Å². The van der Waals surface area contributed by atoms with Gasteiger partial charge in [-0.1, -0.05) is 18.2 Å². The van der Waals surface area contributed by atoms with Gasteiger partial charge < -0.3 is 0 Å². The van der Waals surface area contributed by atoms with Gasteiger partial charge in [-0.05, 0) is 13.0 Å². The van der Waals surface area contributed by atoms with Crippen LogP contribution < -0.4 is 0 Å². The fraction of sp³-hybridized carbons (Fsp3) is 0.154. The number of nitrogens with zero attached hydrogens (tertiary/aromatic N) is 4. The van der Waals surface area contributed by atoms with Gasteiger partial charge in [0.25, 0.3) is 5.91 Å². The van der Waals surface area contributed by atoms with Gasteiger partial charge in [0, 0.05) is 18.6 Å². The van der Waals surface area contributed by atoms with Crippen molar-refractivity contribution in [1.82, 2.24) is 19.6 Å². The first-order valence-corrected chi connectivity index (χ1v) is 5.64. The van der Waals surface area contributed by atoms with Crippen LogP contribution in [0.1, 0.15) is 16.1 Å². The number of hydrogen-bond donors (Lipinski definition) is 0. The zero-order chi connectivity index (χ0) is 12.7. The van der Waals surface area contributed by atoms with Crippen LogP contribution in [0, 0.1) is 6.92 Å². The summed E-state index contributed by atoms with van der Waals surface area (Å²) in [6.07, 6.45) is 3.41. The van der Waals surface area contributed by atoms with E-state index in [1.54, 1.807) is 24.1 Å². The zero-order valence-electron chi connectivity index (χ0n) is 10.2. The molecule has 0 aliphatic rings. The van der Waals surface area contributed by atoms with Crippen LogP contribution in [0.25, 0.3) is 10.9 Å². The SMILES string of the molecule is Cc1nn(C)cc1C(=O)n1ncc2ccccc21. The molecule has 0 saturated carbocycles. The van der Waals surface area contributed by atoms with E-state index in [-0.39, 0.29) is 5.91 Å². The molecule has 0 saturated heterocycles. The lowest BCUT2D eigenvalue weighted by Crippen LogP contribution is -2.13. The average Bonchev–Trinajstić information content (AvgIpc) is 2.92. The van der Waals surface area contributed by atoms with Crippen LogP contribution in [0.2, 0.25) is 0 Å². The van der Waals surface area contributed by atoms with Crippen LogP contribution in [-0.2, 0) is 7.05 Å². The van der Waals surface area contributed by atoms with Gasteiger partial charge in [-0.2, -0.15) is 14.9 Å². The summed E-state index contributed by atoms with van der Waals surface area (Å²) in [6.45, 7) is 1.82. The normalized spacial score (nSPS) is 11.0. The highest BCUT2D eigenvalue weighted by Crippen LogP contribution is 2.15. The molecular weight excluding hydrogens is 228 g/mol. The molecule has 2 aromatic heterocycles. The van der Waals surface area contributed by atoms with Gasteiger partial charge >= 0.3 is 0 Å². The van der Waals surface area contributed by atoms with Gasteiger partial charge in [0.1, 0.15) is 0 Å². The number of fused-ring (bicyclic) bond motifs is 1. The topological polar surface area (TPSA) is 52.7 Å². The number of aromatic nitrogens is 4. The Bertz CT molecular complexity index is 738. The van der Waals surface area contributed by atoms with E-state index in [2.05, 4.69) is 10.2 Å². The second-order valence-corrected chi connectivity index (χ2v) is 4.22. The molecule has 0 bridgehead atoms. The van der Waals surface area contributed by atoms with E-state index in [1.165, 1.54) is 4.68 Å². The lowest BCUT2D eigenvalue weighted by Gasteiger charge is -2.00. The number of benzene rings is 1. The minimum absolute atomic E-state index is 0.151. The molecule has 5 nitrogen and oxygen atoms in total. The van der Waals surface area contributed by atoms with E-state index in [9.17, 15) is 4.79 Å². The summed E-state index contributed by atoms with van der Waals surface area (Å²) < 4.78 is 3.05. The Morgan fingerprint density at radius 3 is 2.78 bits per heavy atom. The maximum atomic E-state index is 12.4. The lowest BCUT2D eigenvalue weighted by molar-refractivity contribution is 0.0950. The molecule has 1 aromatic carbocycles. The fourth-order valence-electron chi connectivity index (χ4n) is 2.06. The van der Waals surface area contributed by atoms with Gasteiger partial charge in [-0.15, -0.1) is 0 Å². The monoisotopic (exact) mass is 240 g/mol. The summed E-state index contributed by atoms with van der Waals surface area (Å²) in [5, 5.41) is 9.28. The third kappa shape index (κ3) is 1.52. The molecule has 18 heavy (non-hydrogen) atoms. The van der Waals surface area contributed by atoms with E-state index >= 15 is 0 Å². The predicted molar refractivity (Wildman–Crippen MR) is 67.4 cm³/mol. The third-order valence-electron chi connectivity index (χ3n) is 2.91. The third-order valence-corrected chi connectivity index (χ3v) is 2.91. The Kier molecular flexibility index (Phi) is 2.26. The Morgan fingerprint density at radius 1 is 1.28 bits per heavy atom. The van der Waals surface area contributed by atoms with Gasteiger partial charge in [0.05, 0.1) is 23.0 Å². The van der Waals surface area contributed by atoms with Crippen molar-refractivity contribution in [1.29, 1.82) is 0 Å². The standard InChI is InChI=1S/C13H12N4O/c1-9-11(8-16(2)15-9)13(18)17-12-6-4-3-5-10(12)7-14-17/h3-8H,1-2H3. The molecule has 0 N–H and O–H groups in total. The van der Waals surface area contributed by atoms with E-state index in [0.717, 1.165) is 10.9 Å². The summed E-state index contributed by atoms with van der Waals surface area (Å²) in [5.41, 5.74) is 2.10. The first kappa shape index (κ1) is 10.7. The molecule has 0 fully saturated rings. The predicted octanol–water partition coefficient (Wildman–Crippen LogP) is 1.77. The smallest absolute Gasteiger partial charge is 0.275 e. The van der Waals surface area contributed by atoms with Crippen LogP contribution >= 0.6 is 0 Å². The maximum absolute atomic E-state index is 12.4. The number of aryl methyl sites for hydroxylation is 2. The molecule has 0 atom stereocenters. The Morgan fingerprint density at radius 2 is 2.06 bits per heavy atom. The largest absolute Gasteiger partial charge is 0.282 e. The van der Waals surface area contributed by atoms with Crippen LogP contribution in [0.5, 0.6) is 0 Å². The molecule has 0 aliphatic carbocycles. The molecule has 2 heterocycles. The summed E-state index contributed by atoms with van der Waals surface area (Å²) in [7, 11) is 1.80. The summed E-state index contributed by atoms with van der Waals surface area (Å²) in [5.74, 6) is -0.151. The van der Waals surface area contributed by atoms with Gasteiger partial charge in [0.15, 0.2) is 0 Å². The molecule has 3 aromatic rings. The molecule has 0 radical (unpaired) electrons. The molecule has 0 unspecified atom stereocenters. The molecule has 0 spiro atoms. The van der Waals surface area contributed by atoms with Crippen molar-refractivity contribution < 1.29 is 4.79 Å². The number of carbonyl (C=O) groups is 1. The lowest BCUT2D eigenvalue weighted by atomic mass is 10.2. The molecule has 3 rings (SSSR count). The zero-order valence-corrected chi connectivity index (χ0v) is 10.2. The second-order valence-electron chi connectivity index (χ2n) is 4.22. The van der Waals surface area contributed by atoms with Crippen molar-refractivity contribution in [2.75, 3.05) is 0 Å². The average molecular weight is 240 g/mol. The van der Waals surface area contributed by atoms with Crippen LogP contribution in [0.3, 0.4) is 0 Å². The quantitative estimate of drug-likeness (QED) is 0.651. The Balaban J connectivity index is 2.15. The number of carbonyl (C=O) groups excluding carboxylic acids is 1. The second kappa shape index (κ2) is 3.80. The minimum Gasteiger partial charge on any atom is -0.275 e. The van der Waals surface area contributed by atoms with Gasteiger partial charge in [-0.3, -0.25) is 9.48 Å². The molecule has 90 valence electrons. The maximum Gasteiger partial charge on any atom is 0.282 e. The molecule has 0 aliphatic heterocycles. The van der Waals surface area contributed by atoms with Crippen LogP contribution in [0.4, 0.5) is 0 Å². The molecule has 0 amide bonds. The number of rotatable bonds is 1.